The fourth-order valence-electron chi connectivity index (χ4n) is 2.50. The van der Waals surface area contributed by atoms with E-state index in [0.717, 1.165) is 28.2 Å². The molecule has 0 fully saturated rings. The lowest BCUT2D eigenvalue weighted by molar-refractivity contribution is -0.139. The summed E-state index contributed by atoms with van der Waals surface area (Å²) in [6.07, 6.45) is 0. The average molecular weight is 418 g/mol. The number of carboxylic acid groups (broad SMARTS) is 2. The van der Waals surface area contributed by atoms with Gasteiger partial charge in [-0.2, -0.15) is 0 Å². The van der Waals surface area contributed by atoms with E-state index in [2.05, 4.69) is 5.32 Å². The molecule has 3 rings (SSSR count). The van der Waals surface area contributed by atoms with Gasteiger partial charge in [0.1, 0.15) is 5.75 Å². The second-order valence-electron chi connectivity index (χ2n) is 5.85. The zero-order valence-corrected chi connectivity index (χ0v) is 16.1. The Balaban J connectivity index is 1.79. The lowest BCUT2D eigenvalue weighted by atomic mass is 10.1. The molecule has 6 nitrogen and oxygen atoms in total. The van der Waals surface area contributed by atoms with E-state index in [1.54, 1.807) is 6.07 Å². The van der Waals surface area contributed by atoms with Crippen molar-refractivity contribution in [3.63, 3.8) is 0 Å². The van der Waals surface area contributed by atoms with E-state index in [9.17, 15) is 14.7 Å². The first-order chi connectivity index (χ1) is 13.4. The molecule has 0 saturated carbocycles. The van der Waals surface area contributed by atoms with Gasteiger partial charge in [-0.15, -0.1) is 11.3 Å². The summed E-state index contributed by atoms with van der Waals surface area (Å²) in [5.41, 5.74) is 2.74. The number of hydrogen-bond donors (Lipinski definition) is 3. The van der Waals surface area contributed by atoms with Crippen LogP contribution in [0.3, 0.4) is 0 Å². The Hall–Kier alpha value is -3.03. The number of aliphatic carboxylic acids is 1. The number of ether oxygens (including phenoxy) is 1. The van der Waals surface area contributed by atoms with Gasteiger partial charge in [0.15, 0.2) is 11.5 Å². The molecule has 144 valence electrons. The van der Waals surface area contributed by atoms with E-state index in [0.29, 0.717) is 16.4 Å². The van der Waals surface area contributed by atoms with Gasteiger partial charge in [-0.1, -0.05) is 35.9 Å². The standard InChI is InChI=1S/C20H16ClNO5S/c21-14-6-4-12(5-7-14)10-22-15-3-1-2-13(8-15)17-9-16(27-11-18(23)24)19(28-17)20(25)26/h1-9,22H,10-11H2,(H,23,24)(H,25,26). The summed E-state index contributed by atoms with van der Waals surface area (Å²) < 4.78 is 5.11. The van der Waals surface area contributed by atoms with Crippen LogP contribution in [0.2, 0.25) is 5.02 Å². The zero-order valence-electron chi connectivity index (χ0n) is 14.5. The van der Waals surface area contributed by atoms with Gasteiger partial charge in [0.25, 0.3) is 0 Å². The largest absolute Gasteiger partial charge is 0.480 e. The van der Waals surface area contributed by atoms with Crippen LogP contribution in [0.15, 0.2) is 54.6 Å². The second-order valence-corrected chi connectivity index (χ2v) is 7.34. The molecule has 1 heterocycles. The van der Waals surface area contributed by atoms with Crippen molar-refractivity contribution in [1.29, 1.82) is 0 Å². The molecule has 2 aromatic carbocycles. The van der Waals surface area contributed by atoms with Crippen LogP contribution in [-0.4, -0.2) is 28.8 Å². The predicted molar refractivity (Wildman–Crippen MR) is 109 cm³/mol. The number of carboxylic acids is 2. The molecule has 0 unspecified atom stereocenters. The molecule has 0 saturated heterocycles. The van der Waals surface area contributed by atoms with Crippen molar-refractivity contribution in [1.82, 2.24) is 0 Å². The number of thiophene rings is 1. The first-order valence-electron chi connectivity index (χ1n) is 8.23. The maximum absolute atomic E-state index is 11.4. The van der Waals surface area contributed by atoms with Crippen molar-refractivity contribution in [3.8, 4) is 16.2 Å². The van der Waals surface area contributed by atoms with Crippen LogP contribution >= 0.6 is 22.9 Å². The Morgan fingerprint density at radius 3 is 2.50 bits per heavy atom. The quantitative estimate of drug-likeness (QED) is 0.485. The summed E-state index contributed by atoms with van der Waals surface area (Å²) in [6, 6.07) is 16.6. The van der Waals surface area contributed by atoms with Crippen molar-refractivity contribution in [2.75, 3.05) is 11.9 Å². The molecule has 0 amide bonds. The minimum absolute atomic E-state index is 0.0317. The van der Waals surface area contributed by atoms with Gasteiger partial charge in [-0.05, 0) is 41.5 Å². The van der Waals surface area contributed by atoms with Crippen LogP contribution in [0.5, 0.6) is 5.75 Å². The van der Waals surface area contributed by atoms with Crippen molar-refractivity contribution in [2.45, 2.75) is 6.54 Å². The molecular weight excluding hydrogens is 402 g/mol. The lowest BCUT2D eigenvalue weighted by Gasteiger charge is -2.08. The van der Waals surface area contributed by atoms with E-state index in [1.165, 1.54) is 0 Å². The number of halogens is 1. The highest BCUT2D eigenvalue weighted by molar-refractivity contribution is 7.17. The molecule has 3 aromatic rings. The molecule has 0 aliphatic heterocycles. The van der Waals surface area contributed by atoms with E-state index in [4.69, 9.17) is 21.4 Å². The third-order valence-electron chi connectivity index (χ3n) is 3.80. The topological polar surface area (TPSA) is 95.9 Å². The number of aromatic carboxylic acids is 1. The van der Waals surface area contributed by atoms with Crippen LogP contribution in [0.25, 0.3) is 10.4 Å². The van der Waals surface area contributed by atoms with Crippen LogP contribution in [0.4, 0.5) is 5.69 Å². The highest BCUT2D eigenvalue weighted by atomic mass is 35.5. The molecule has 0 bridgehead atoms. The van der Waals surface area contributed by atoms with E-state index in [1.807, 2.05) is 48.5 Å². The van der Waals surface area contributed by atoms with Crippen LogP contribution < -0.4 is 10.1 Å². The molecule has 0 spiro atoms. The summed E-state index contributed by atoms with van der Waals surface area (Å²) in [5, 5.41) is 22.1. The van der Waals surface area contributed by atoms with E-state index in [-0.39, 0.29) is 10.6 Å². The zero-order chi connectivity index (χ0) is 20.1. The Morgan fingerprint density at radius 2 is 1.82 bits per heavy atom. The second kappa shape index (κ2) is 8.77. The summed E-state index contributed by atoms with van der Waals surface area (Å²) in [5.74, 6) is -2.28. The Morgan fingerprint density at radius 1 is 1.07 bits per heavy atom. The highest BCUT2D eigenvalue weighted by Crippen LogP contribution is 2.37. The number of carbonyl (C=O) groups is 2. The van der Waals surface area contributed by atoms with E-state index < -0.39 is 18.5 Å². The molecule has 0 aliphatic rings. The lowest BCUT2D eigenvalue weighted by Crippen LogP contribution is -2.10. The Kier molecular flexibility index (Phi) is 6.18. The monoisotopic (exact) mass is 417 g/mol. The SMILES string of the molecule is O=C(O)COc1cc(-c2cccc(NCc3ccc(Cl)cc3)c2)sc1C(=O)O. The normalized spacial score (nSPS) is 10.5. The smallest absolute Gasteiger partial charge is 0.349 e. The number of benzene rings is 2. The maximum Gasteiger partial charge on any atom is 0.349 e. The molecule has 28 heavy (non-hydrogen) atoms. The maximum atomic E-state index is 11.4. The van der Waals surface area contributed by atoms with E-state index >= 15 is 0 Å². The van der Waals surface area contributed by atoms with Gasteiger partial charge >= 0.3 is 11.9 Å². The molecule has 8 heteroatoms. The van der Waals surface area contributed by atoms with Crippen LogP contribution in [0.1, 0.15) is 15.2 Å². The van der Waals surface area contributed by atoms with Crippen LogP contribution in [-0.2, 0) is 11.3 Å². The fraction of sp³-hybridized carbons (Fsp3) is 0.100. The van der Waals surface area contributed by atoms with Crippen molar-refractivity contribution in [3.05, 3.63) is 70.1 Å². The van der Waals surface area contributed by atoms with Gasteiger partial charge in [-0.3, -0.25) is 0 Å². The molecular formula is C20H16ClNO5S. The minimum atomic E-state index is -1.17. The Bertz CT molecular complexity index is 1000. The fourth-order valence-corrected chi connectivity index (χ4v) is 3.56. The first kappa shape index (κ1) is 19.7. The number of nitrogens with one attached hydrogen (secondary N) is 1. The minimum Gasteiger partial charge on any atom is -0.480 e. The summed E-state index contributed by atoms with van der Waals surface area (Å²) >= 11 is 6.93. The number of rotatable bonds is 8. The molecule has 0 radical (unpaired) electrons. The highest BCUT2D eigenvalue weighted by Gasteiger charge is 2.18. The van der Waals surface area contributed by atoms with Crippen molar-refractivity contribution >= 4 is 40.6 Å². The first-order valence-corrected chi connectivity index (χ1v) is 9.42. The summed E-state index contributed by atoms with van der Waals surface area (Å²) in [6.45, 7) is 0.0115. The number of anilines is 1. The van der Waals surface area contributed by atoms with Gasteiger partial charge in [0, 0.05) is 22.1 Å². The third-order valence-corrected chi connectivity index (χ3v) is 5.21. The molecule has 0 atom stereocenters. The van der Waals surface area contributed by atoms with Crippen molar-refractivity contribution in [2.24, 2.45) is 0 Å². The predicted octanol–water partition coefficient (Wildman–Crippen LogP) is 4.84. The summed E-state index contributed by atoms with van der Waals surface area (Å²) in [7, 11) is 0. The van der Waals surface area contributed by atoms with Gasteiger partial charge < -0.3 is 20.3 Å². The van der Waals surface area contributed by atoms with Crippen LogP contribution in [0, 0.1) is 0 Å². The molecule has 0 aliphatic carbocycles. The third kappa shape index (κ3) is 5.03. The molecule has 3 N–H and O–H groups in total. The van der Waals surface area contributed by atoms with Crippen molar-refractivity contribution < 1.29 is 24.5 Å². The van der Waals surface area contributed by atoms with Gasteiger partial charge in [0.05, 0.1) is 0 Å². The van der Waals surface area contributed by atoms with Gasteiger partial charge in [0.2, 0.25) is 0 Å². The average Bonchev–Trinajstić information content (AvgIpc) is 3.11. The number of hydrogen-bond acceptors (Lipinski definition) is 5. The van der Waals surface area contributed by atoms with Gasteiger partial charge in [-0.25, -0.2) is 9.59 Å². The summed E-state index contributed by atoms with van der Waals surface area (Å²) in [4.78, 5) is 22.8. The Labute approximate surface area is 170 Å². The molecule has 1 aromatic heterocycles.